The normalized spacial score (nSPS) is 13.0. The third kappa shape index (κ3) is 49.1. The van der Waals surface area contributed by atoms with E-state index in [1.165, 1.54) is 64.2 Å². The SMILES string of the molecule is CC/C=C\C/C=C\C/C=C\C/C=C\C/C=C\CCCC(=O)OC(COC(=O)CCCCC/C=C\C=C/CCCC)COC(=O)CCCCCCC/C=C\C=C/CCCCCCCCC. The minimum Gasteiger partial charge on any atom is -0.462 e. The largest absolute Gasteiger partial charge is 0.462 e. The van der Waals surface area contributed by atoms with Gasteiger partial charge in [-0.1, -0.05) is 207 Å². The van der Waals surface area contributed by atoms with Crippen LogP contribution in [0.1, 0.15) is 220 Å². The molecule has 1 atom stereocenters. The summed E-state index contributed by atoms with van der Waals surface area (Å²) >= 11 is 0. The average molecular weight is 887 g/mol. The molecule has 0 aliphatic heterocycles. The first-order valence-corrected chi connectivity index (χ1v) is 25.9. The van der Waals surface area contributed by atoms with Crippen LogP contribution in [0.25, 0.3) is 0 Å². The Morgan fingerprint density at radius 1 is 0.344 bits per heavy atom. The second kappa shape index (κ2) is 51.7. The van der Waals surface area contributed by atoms with Crippen LogP contribution in [-0.4, -0.2) is 37.2 Å². The lowest BCUT2D eigenvalue weighted by atomic mass is 10.1. The smallest absolute Gasteiger partial charge is 0.306 e. The molecular formula is C58H94O6. The number of carbonyl (C=O) groups is 3. The molecule has 0 saturated carbocycles. The van der Waals surface area contributed by atoms with E-state index in [1.807, 2.05) is 0 Å². The minimum atomic E-state index is -0.826. The molecular weight excluding hydrogens is 793 g/mol. The highest BCUT2D eigenvalue weighted by atomic mass is 16.6. The van der Waals surface area contributed by atoms with Crippen LogP contribution in [0.15, 0.2) is 109 Å². The fourth-order valence-electron chi connectivity index (χ4n) is 6.62. The van der Waals surface area contributed by atoms with Crippen molar-refractivity contribution in [2.75, 3.05) is 13.2 Å². The van der Waals surface area contributed by atoms with Gasteiger partial charge in [0.1, 0.15) is 13.2 Å². The molecule has 6 heteroatoms. The molecule has 0 aromatic heterocycles. The number of allylic oxidation sites excluding steroid dienone is 18. The summed E-state index contributed by atoms with van der Waals surface area (Å²) in [4.78, 5) is 37.9. The van der Waals surface area contributed by atoms with Crippen molar-refractivity contribution < 1.29 is 28.6 Å². The van der Waals surface area contributed by atoms with Crippen LogP contribution in [0.4, 0.5) is 0 Å². The maximum Gasteiger partial charge on any atom is 0.306 e. The van der Waals surface area contributed by atoms with E-state index in [4.69, 9.17) is 14.2 Å². The number of hydrogen-bond donors (Lipinski definition) is 0. The quantitative estimate of drug-likeness (QED) is 0.0199. The van der Waals surface area contributed by atoms with Gasteiger partial charge in [-0.15, -0.1) is 0 Å². The summed E-state index contributed by atoms with van der Waals surface area (Å²) in [5.41, 5.74) is 0. The Bertz CT molecular complexity index is 1340. The van der Waals surface area contributed by atoms with Gasteiger partial charge in [0.05, 0.1) is 0 Å². The van der Waals surface area contributed by atoms with Gasteiger partial charge in [0, 0.05) is 19.3 Å². The molecule has 0 aromatic carbocycles. The zero-order valence-electron chi connectivity index (χ0n) is 41.3. The van der Waals surface area contributed by atoms with Crippen molar-refractivity contribution in [1.29, 1.82) is 0 Å². The molecule has 362 valence electrons. The van der Waals surface area contributed by atoms with Gasteiger partial charge in [-0.05, 0) is 103 Å². The summed E-state index contributed by atoms with van der Waals surface area (Å²) in [7, 11) is 0. The average Bonchev–Trinajstić information content (AvgIpc) is 3.29. The van der Waals surface area contributed by atoms with Crippen molar-refractivity contribution in [3.8, 4) is 0 Å². The standard InChI is InChI=1S/C58H94O6/c1-4-7-10-13-16-19-22-24-26-28-30-31-33-36-39-42-45-48-51-57(60)63-54-55(53-62-56(59)50-47-44-41-38-35-21-18-15-12-9-6-3)64-58(61)52-49-46-43-40-37-34-32-29-27-25-23-20-17-14-11-8-5-2/h8,11,15,17-18,20-21,25-28,30-32,34-35,40,43,55H,4-7,9-10,12-14,16,19,22-24,29,33,36-39,41-42,44-54H2,1-3H3/b11-8-,18-15-,20-17-,27-25-,28-26-,31-30-,34-32-,35-21-,43-40-. The van der Waals surface area contributed by atoms with Gasteiger partial charge in [0.15, 0.2) is 6.10 Å². The predicted molar refractivity (Wildman–Crippen MR) is 274 cm³/mol. The molecule has 64 heavy (non-hydrogen) atoms. The van der Waals surface area contributed by atoms with E-state index in [9.17, 15) is 14.4 Å². The molecule has 0 saturated heterocycles. The second-order valence-electron chi connectivity index (χ2n) is 16.7. The third-order valence-corrected chi connectivity index (χ3v) is 10.5. The molecule has 0 spiro atoms. The van der Waals surface area contributed by atoms with Crippen molar-refractivity contribution in [2.45, 2.75) is 226 Å². The summed E-state index contributed by atoms with van der Waals surface area (Å²) in [5, 5.41) is 0. The van der Waals surface area contributed by atoms with Crippen molar-refractivity contribution in [3.05, 3.63) is 109 Å². The number of esters is 3. The molecule has 0 rings (SSSR count). The maximum atomic E-state index is 12.8. The van der Waals surface area contributed by atoms with E-state index >= 15 is 0 Å². The van der Waals surface area contributed by atoms with Gasteiger partial charge in [0.2, 0.25) is 0 Å². The number of hydrogen-bond acceptors (Lipinski definition) is 6. The van der Waals surface area contributed by atoms with Gasteiger partial charge in [0.25, 0.3) is 0 Å². The first-order valence-electron chi connectivity index (χ1n) is 25.9. The van der Waals surface area contributed by atoms with Crippen LogP contribution >= 0.6 is 0 Å². The summed E-state index contributed by atoms with van der Waals surface area (Å²) in [6.07, 6.45) is 69.4. The minimum absolute atomic E-state index is 0.119. The van der Waals surface area contributed by atoms with E-state index in [0.717, 1.165) is 109 Å². The molecule has 0 aliphatic rings. The van der Waals surface area contributed by atoms with Crippen molar-refractivity contribution >= 4 is 17.9 Å². The van der Waals surface area contributed by atoms with Crippen LogP contribution < -0.4 is 0 Å². The highest BCUT2D eigenvalue weighted by Crippen LogP contribution is 2.12. The molecule has 0 bridgehead atoms. The first kappa shape index (κ1) is 60.1. The van der Waals surface area contributed by atoms with Crippen LogP contribution in [0, 0.1) is 0 Å². The van der Waals surface area contributed by atoms with E-state index in [0.29, 0.717) is 19.3 Å². The fourth-order valence-corrected chi connectivity index (χ4v) is 6.62. The second-order valence-corrected chi connectivity index (χ2v) is 16.7. The van der Waals surface area contributed by atoms with Gasteiger partial charge in [-0.25, -0.2) is 0 Å². The van der Waals surface area contributed by atoms with Gasteiger partial charge >= 0.3 is 17.9 Å². The molecule has 6 nitrogen and oxygen atoms in total. The molecule has 0 aromatic rings. The lowest BCUT2D eigenvalue weighted by molar-refractivity contribution is -0.167. The molecule has 0 aliphatic carbocycles. The predicted octanol–water partition coefficient (Wildman–Crippen LogP) is 17.1. The lowest BCUT2D eigenvalue weighted by Gasteiger charge is -2.18. The van der Waals surface area contributed by atoms with Crippen LogP contribution in [-0.2, 0) is 28.6 Å². The lowest BCUT2D eigenvalue weighted by Crippen LogP contribution is -2.30. The van der Waals surface area contributed by atoms with E-state index in [1.54, 1.807) is 0 Å². The molecule has 0 fully saturated rings. The van der Waals surface area contributed by atoms with Gasteiger partial charge in [-0.3, -0.25) is 14.4 Å². The Hall–Kier alpha value is -3.93. The Labute approximate surface area is 393 Å². The van der Waals surface area contributed by atoms with E-state index in [-0.39, 0.29) is 37.5 Å². The first-order chi connectivity index (χ1) is 31.5. The summed E-state index contributed by atoms with van der Waals surface area (Å²) < 4.78 is 16.7. The number of ether oxygens (including phenoxy) is 3. The van der Waals surface area contributed by atoms with Crippen molar-refractivity contribution in [1.82, 2.24) is 0 Å². The molecule has 0 radical (unpaired) electrons. The van der Waals surface area contributed by atoms with Crippen LogP contribution in [0.2, 0.25) is 0 Å². The monoisotopic (exact) mass is 887 g/mol. The number of unbranched alkanes of at least 4 members (excludes halogenated alkanes) is 18. The van der Waals surface area contributed by atoms with Crippen molar-refractivity contribution in [3.63, 3.8) is 0 Å². The topological polar surface area (TPSA) is 78.9 Å². The van der Waals surface area contributed by atoms with Gasteiger partial charge < -0.3 is 14.2 Å². The Morgan fingerprint density at radius 3 is 1.14 bits per heavy atom. The number of rotatable bonds is 45. The highest BCUT2D eigenvalue weighted by Gasteiger charge is 2.19. The summed E-state index contributed by atoms with van der Waals surface area (Å²) in [5.74, 6) is -1.03. The Kier molecular flexibility index (Phi) is 48.5. The van der Waals surface area contributed by atoms with Gasteiger partial charge in [-0.2, -0.15) is 0 Å². The van der Waals surface area contributed by atoms with Crippen LogP contribution in [0.3, 0.4) is 0 Å². The van der Waals surface area contributed by atoms with Crippen LogP contribution in [0.5, 0.6) is 0 Å². The summed E-state index contributed by atoms with van der Waals surface area (Å²) in [6.45, 7) is 6.36. The highest BCUT2D eigenvalue weighted by molar-refractivity contribution is 5.71. The Morgan fingerprint density at radius 2 is 0.688 bits per heavy atom. The molecule has 1 unspecified atom stereocenters. The molecule has 0 N–H and O–H groups in total. The molecule has 0 amide bonds. The van der Waals surface area contributed by atoms with E-state index < -0.39 is 6.10 Å². The molecule has 0 heterocycles. The van der Waals surface area contributed by atoms with Crippen molar-refractivity contribution in [2.24, 2.45) is 0 Å². The zero-order chi connectivity index (χ0) is 46.5. The zero-order valence-corrected chi connectivity index (χ0v) is 41.3. The number of carbonyl (C=O) groups excluding carboxylic acids is 3. The summed E-state index contributed by atoms with van der Waals surface area (Å²) in [6, 6.07) is 0. The Balaban J connectivity index is 4.52. The maximum absolute atomic E-state index is 12.8. The van der Waals surface area contributed by atoms with E-state index in [2.05, 4.69) is 130 Å². The third-order valence-electron chi connectivity index (χ3n) is 10.5. The fraction of sp³-hybridized carbons (Fsp3) is 0.638.